The van der Waals surface area contributed by atoms with Gasteiger partial charge in [0.15, 0.2) is 11.8 Å². The maximum Gasteiger partial charge on any atom is 0.194 e. The normalized spacial score (nSPS) is 11.6. The Hall–Kier alpha value is -1.79. The van der Waals surface area contributed by atoms with Gasteiger partial charge in [-0.2, -0.15) is 0 Å². The van der Waals surface area contributed by atoms with E-state index in [4.69, 9.17) is 23.2 Å². The van der Waals surface area contributed by atoms with Gasteiger partial charge in [0.05, 0.1) is 10.0 Å². The third-order valence-corrected chi connectivity index (χ3v) is 4.01. The van der Waals surface area contributed by atoms with Gasteiger partial charge in [-0.1, -0.05) is 29.3 Å². The maximum absolute atomic E-state index is 6.07. The van der Waals surface area contributed by atoms with Crippen LogP contribution >= 0.6 is 23.2 Å². The molecule has 1 aromatic heterocycles. The highest BCUT2D eigenvalue weighted by Gasteiger charge is 2.09. The zero-order chi connectivity index (χ0) is 16.8. The molecule has 6 nitrogen and oxygen atoms in total. The average molecular weight is 355 g/mol. The third kappa shape index (κ3) is 4.84. The third-order valence-electron chi connectivity index (χ3n) is 3.28. The van der Waals surface area contributed by atoms with Crippen molar-refractivity contribution in [1.29, 1.82) is 0 Å². The summed E-state index contributed by atoms with van der Waals surface area (Å²) in [5, 5.41) is 12.3. The van der Waals surface area contributed by atoms with Gasteiger partial charge in [0.1, 0.15) is 12.9 Å². The predicted octanol–water partition coefficient (Wildman–Crippen LogP) is 2.72. The van der Waals surface area contributed by atoms with Crippen molar-refractivity contribution in [2.75, 3.05) is 13.6 Å². The van der Waals surface area contributed by atoms with Crippen LogP contribution in [-0.4, -0.2) is 39.2 Å². The Labute approximate surface area is 146 Å². The highest BCUT2D eigenvalue weighted by molar-refractivity contribution is 6.42. The van der Waals surface area contributed by atoms with Crippen molar-refractivity contribution < 1.29 is 0 Å². The van der Waals surface area contributed by atoms with Crippen molar-refractivity contribution in [3.8, 4) is 0 Å². The van der Waals surface area contributed by atoms with Crippen LogP contribution in [0.3, 0.4) is 0 Å². The van der Waals surface area contributed by atoms with Crippen molar-refractivity contribution in [1.82, 2.24) is 25.0 Å². The van der Waals surface area contributed by atoms with Crippen LogP contribution in [0.2, 0.25) is 10.0 Å². The van der Waals surface area contributed by atoms with Gasteiger partial charge < -0.3 is 14.8 Å². The largest absolute Gasteiger partial charge is 0.357 e. The molecule has 1 N–H and O–H groups in total. The van der Waals surface area contributed by atoms with Gasteiger partial charge in [-0.25, -0.2) is 4.99 Å². The molecule has 0 saturated heterocycles. The standard InChI is InChI=1S/C15H20Cl2N6/c1-4-18-15(19-8-14-21-20-10-23(14)3)22(2)9-11-5-6-12(16)13(17)7-11/h5-7,10H,4,8-9H2,1-3H3,(H,18,19). The van der Waals surface area contributed by atoms with E-state index in [1.54, 1.807) is 12.4 Å². The van der Waals surface area contributed by atoms with E-state index in [-0.39, 0.29) is 0 Å². The zero-order valence-corrected chi connectivity index (χ0v) is 14.9. The first-order valence-electron chi connectivity index (χ1n) is 7.27. The molecule has 0 radical (unpaired) electrons. The number of halogens is 2. The van der Waals surface area contributed by atoms with Gasteiger partial charge in [-0.05, 0) is 24.6 Å². The summed E-state index contributed by atoms with van der Waals surface area (Å²) in [6.07, 6.45) is 1.66. The molecule has 0 saturated carbocycles. The number of benzene rings is 1. The van der Waals surface area contributed by atoms with Crippen LogP contribution in [0.15, 0.2) is 29.5 Å². The van der Waals surface area contributed by atoms with E-state index >= 15 is 0 Å². The van der Waals surface area contributed by atoms with Crippen molar-refractivity contribution >= 4 is 29.2 Å². The molecule has 0 aliphatic carbocycles. The molecule has 0 unspecified atom stereocenters. The van der Waals surface area contributed by atoms with Crippen LogP contribution in [0, 0.1) is 0 Å². The molecule has 23 heavy (non-hydrogen) atoms. The van der Waals surface area contributed by atoms with Gasteiger partial charge in [0.25, 0.3) is 0 Å². The van der Waals surface area contributed by atoms with E-state index in [2.05, 4.69) is 20.5 Å². The average Bonchev–Trinajstić information content (AvgIpc) is 2.92. The first kappa shape index (κ1) is 17.6. The van der Waals surface area contributed by atoms with Gasteiger partial charge >= 0.3 is 0 Å². The Morgan fingerprint density at radius 3 is 2.74 bits per heavy atom. The minimum absolute atomic E-state index is 0.463. The number of nitrogens with zero attached hydrogens (tertiary/aromatic N) is 5. The number of nitrogens with one attached hydrogen (secondary N) is 1. The lowest BCUT2D eigenvalue weighted by Gasteiger charge is -2.22. The van der Waals surface area contributed by atoms with E-state index in [0.29, 0.717) is 23.1 Å². The molecule has 2 aromatic rings. The zero-order valence-electron chi connectivity index (χ0n) is 13.4. The lowest BCUT2D eigenvalue weighted by molar-refractivity contribution is 0.476. The molecule has 0 aliphatic heterocycles. The molecule has 1 heterocycles. The van der Waals surface area contributed by atoms with Crippen molar-refractivity contribution in [3.63, 3.8) is 0 Å². The number of hydrogen-bond acceptors (Lipinski definition) is 3. The summed E-state index contributed by atoms with van der Waals surface area (Å²) in [6, 6.07) is 5.63. The summed E-state index contributed by atoms with van der Waals surface area (Å²) in [4.78, 5) is 6.63. The van der Waals surface area contributed by atoms with Crippen molar-refractivity contribution in [2.45, 2.75) is 20.0 Å². The molecule has 1 aromatic carbocycles. The van der Waals surface area contributed by atoms with Gasteiger partial charge in [-0.3, -0.25) is 0 Å². The van der Waals surface area contributed by atoms with Crippen LogP contribution in [0.25, 0.3) is 0 Å². The number of rotatable bonds is 5. The molecular weight excluding hydrogens is 335 g/mol. The summed E-state index contributed by atoms with van der Waals surface area (Å²) in [6.45, 7) is 3.94. The van der Waals surface area contributed by atoms with Crippen LogP contribution in [0.5, 0.6) is 0 Å². The lowest BCUT2D eigenvalue weighted by atomic mass is 10.2. The monoisotopic (exact) mass is 354 g/mol. The Morgan fingerprint density at radius 1 is 1.35 bits per heavy atom. The fourth-order valence-corrected chi connectivity index (χ4v) is 2.37. The highest BCUT2D eigenvalue weighted by Crippen LogP contribution is 2.23. The molecule has 0 spiro atoms. The minimum Gasteiger partial charge on any atom is -0.357 e. The predicted molar refractivity (Wildman–Crippen MR) is 93.7 cm³/mol. The minimum atomic E-state index is 0.463. The number of aryl methyl sites for hydroxylation is 1. The molecule has 0 atom stereocenters. The van der Waals surface area contributed by atoms with Crippen LogP contribution in [-0.2, 0) is 20.1 Å². The lowest BCUT2D eigenvalue weighted by Crippen LogP contribution is -2.38. The SMILES string of the molecule is CCNC(=NCc1nncn1C)N(C)Cc1ccc(Cl)c(Cl)c1. The second-order valence-corrected chi connectivity index (χ2v) is 5.95. The second-order valence-electron chi connectivity index (χ2n) is 5.13. The van der Waals surface area contributed by atoms with Crippen LogP contribution in [0.4, 0.5) is 0 Å². The highest BCUT2D eigenvalue weighted by atomic mass is 35.5. The molecular formula is C15H20Cl2N6. The summed E-state index contributed by atoms with van der Waals surface area (Å²) < 4.78 is 1.85. The van der Waals surface area contributed by atoms with Crippen LogP contribution < -0.4 is 5.32 Å². The van der Waals surface area contributed by atoms with Crippen molar-refractivity contribution in [2.24, 2.45) is 12.0 Å². The topological polar surface area (TPSA) is 58.3 Å². The van der Waals surface area contributed by atoms with Crippen LogP contribution in [0.1, 0.15) is 18.3 Å². The first-order chi connectivity index (χ1) is 11.0. The van der Waals surface area contributed by atoms with E-state index in [1.807, 2.05) is 42.6 Å². The van der Waals surface area contributed by atoms with E-state index in [0.717, 1.165) is 23.9 Å². The summed E-state index contributed by atoms with van der Waals surface area (Å²) >= 11 is 12.0. The molecule has 2 rings (SSSR count). The van der Waals surface area contributed by atoms with Crippen molar-refractivity contribution in [3.05, 3.63) is 46.0 Å². The molecule has 0 aliphatic rings. The number of guanidine groups is 1. The van der Waals surface area contributed by atoms with E-state index in [9.17, 15) is 0 Å². The smallest absolute Gasteiger partial charge is 0.194 e. The summed E-state index contributed by atoms with van der Waals surface area (Å²) in [5.41, 5.74) is 1.06. The molecule has 8 heteroatoms. The van der Waals surface area contributed by atoms with Gasteiger partial charge in [-0.15, -0.1) is 10.2 Å². The second kappa shape index (κ2) is 8.17. The van der Waals surface area contributed by atoms with E-state index in [1.165, 1.54) is 0 Å². The molecule has 0 fully saturated rings. The van der Waals surface area contributed by atoms with Gasteiger partial charge in [0.2, 0.25) is 0 Å². The quantitative estimate of drug-likeness (QED) is 0.662. The van der Waals surface area contributed by atoms with Gasteiger partial charge in [0, 0.05) is 27.2 Å². The number of aliphatic imine (C=N–C) groups is 1. The Kier molecular flexibility index (Phi) is 6.24. The molecule has 0 bridgehead atoms. The Balaban J connectivity index is 2.09. The van der Waals surface area contributed by atoms with E-state index < -0.39 is 0 Å². The number of hydrogen-bond donors (Lipinski definition) is 1. The Morgan fingerprint density at radius 2 is 2.13 bits per heavy atom. The molecule has 124 valence electrons. The Bertz CT molecular complexity index is 682. The first-order valence-corrected chi connectivity index (χ1v) is 8.03. The summed E-state index contributed by atoms with van der Waals surface area (Å²) in [7, 11) is 3.87. The summed E-state index contributed by atoms with van der Waals surface area (Å²) in [5.74, 6) is 1.60. The fraction of sp³-hybridized carbons (Fsp3) is 0.400. The number of aromatic nitrogens is 3. The molecule has 0 amide bonds. The fourth-order valence-electron chi connectivity index (χ4n) is 2.05. The maximum atomic E-state index is 6.07.